The van der Waals surface area contributed by atoms with Crippen LogP contribution in [0.1, 0.15) is 21.6 Å². The second kappa shape index (κ2) is 7.94. The molecule has 7 heteroatoms. The van der Waals surface area contributed by atoms with Crippen molar-refractivity contribution in [3.8, 4) is 5.75 Å². The summed E-state index contributed by atoms with van der Waals surface area (Å²) in [5.74, 6) is 1.26. The number of nitrogens with one attached hydrogen (secondary N) is 1. The van der Waals surface area contributed by atoms with Gasteiger partial charge in [-0.2, -0.15) is 0 Å². The predicted molar refractivity (Wildman–Crippen MR) is 94.0 cm³/mol. The van der Waals surface area contributed by atoms with Crippen molar-refractivity contribution in [1.29, 1.82) is 0 Å². The number of hydrogen-bond acceptors (Lipinski definition) is 6. The zero-order valence-electron chi connectivity index (χ0n) is 14.5. The third-order valence-electron chi connectivity index (χ3n) is 4.12. The number of aryl methyl sites for hydroxylation is 1. The van der Waals surface area contributed by atoms with Crippen molar-refractivity contribution in [2.75, 3.05) is 38.3 Å². The Hall–Kier alpha value is -2.67. The Kier molecular flexibility index (Phi) is 5.45. The van der Waals surface area contributed by atoms with Crippen LogP contribution in [0.25, 0.3) is 0 Å². The Bertz CT molecular complexity index is 728. The van der Waals surface area contributed by atoms with Gasteiger partial charge in [0.1, 0.15) is 5.75 Å². The van der Waals surface area contributed by atoms with Gasteiger partial charge in [-0.1, -0.05) is 12.1 Å². The Balaban J connectivity index is 1.63. The SMILES string of the molecule is COc1ccc(CNC(=O)c2cnc(N3CCOCC3)nc2C)cc1. The molecule has 0 atom stereocenters. The molecule has 25 heavy (non-hydrogen) atoms. The number of morpholine rings is 1. The third-order valence-corrected chi connectivity index (χ3v) is 4.12. The number of aromatic nitrogens is 2. The van der Waals surface area contributed by atoms with Crippen LogP contribution in [-0.2, 0) is 11.3 Å². The first-order valence-corrected chi connectivity index (χ1v) is 8.25. The number of methoxy groups -OCH3 is 1. The number of benzene rings is 1. The molecule has 1 amide bonds. The summed E-state index contributed by atoms with van der Waals surface area (Å²) in [5, 5.41) is 2.90. The van der Waals surface area contributed by atoms with Crippen LogP contribution in [-0.4, -0.2) is 49.3 Å². The van der Waals surface area contributed by atoms with Gasteiger partial charge in [0.15, 0.2) is 0 Å². The lowest BCUT2D eigenvalue weighted by atomic mass is 10.2. The molecular formula is C18H22N4O3. The van der Waals surface area contributed by atoms with Gasteiger partial charge in [-0.25, -0.2) is 9.97 Å². The molecule has 1 aliphatic rings. The summed E-state index contributed by atoms with van der Waals surface area (Å²) < 4.78 is 10.5. The minimum atomic E-state index is -0.179. The number of anilines is 1. The van der Waals surface area contributed by atoms with E-state index in [0.717, 1.165) is 24.4 Å². The summed E-state index contributed by atoms with van der Waals surface area (Å²) in [5.41, 5.74) is 2.16. The maximum atomic E-state index is 12.4. The van der Waals surface area contributed by atoms with E-state index in [0.29, 0.717) is 37.0 Å². The quantitative estimate of drug-likeness (QED) is 0.889. The van der Waals surface area contributed by atoms with Crippen LogP contribution in [0.4, 0.5) is 5.95 Å². The smallest absolute Gasteiger partial charge is 0.254 e. The highest BCUT2D eigenvalue weighted by atomic mass is 16.5. The summed E-state index contributed by atoms with van der Waals surface area (Å²) in [6.07, 6.45) is 1.59. The van der Waals surface area contributed by atoms with Crippen LogP contribution in [0.5, 0.6) is 5.75 Å². The molecule has 7 nitrogen and oxygen atoms in total. The van der Waals surface area contributed by atoms with E-state index in [2.05, 4.69) is 20.2 Å². The van der Waals surface area contributed by atoms with Crippen molar-refractivity contribution in [3.05, 3.63) is 47.3 Å². The fraction of sp³-hybridized carbons (Fsp3) is 0.389. The normalized spacial score (nSPS) is 14.2. The van der Waals surface area contributed by atoms with Crippen LogP contribution in [0.2, 0.25) is 0 Å². The van der Waals surface area contributed by atoms with Crippen molar-refractivity contribution in [3.63, 3.8) is 0 Å². The van der Waals surface area contributed by atoms with E-state index in [9.17, 15) is 4.79 Å². The zero-order valence-corrected chi connectivity index (χ0v) is 14.5. The van der Waals surface area contributed by atoms with Crippen LogP contribution >= 0.6 is 0 Å². The lowest BCUT2D eigenvalue weighted by Crippen LogP contribution is -2.37. The van der Waals surface area contributed by atoms with Gasteiger partial charge < -0.3 is 19.7 Å². The lowest BCUT2D eigenvalue weighted by Gasteiger charge is -2.27. The van der Waals surface area contributed by atoms with Crippen LogP contribution in [0, 0.1) is 6.92 Å². The average Bonchev–Trinajstić information content (AvgIpc) is 2.67. The van der Waals surface area contributed by atoms with Gasteiger partial charge in [-0.15, -0.1) is 0 Å². The highest BCUT2D eigenvalue weighted by molar-refractivity contribution is 5.94. The fourth-order valence-corrected chi connectivity index (χ4v) is 2.61. The third kappa shape index (κ3) is 4.24. The molecule has 1 aromatic carbocycles. The van der Waals surface area contributed by atoms with Gasteiger partial charge in [-0.05, 0) is 24.6 Å². The molecule has 1 aliphatic heterocycles. The van der Waals surface area contributed by atoms with Crippen LogP contribution in [0.3, 0.4) is 0 Å². The van der Waals surface area contributed by atoms with Crippen LogP contribution < -0.4 is 15.0 Å². The largest absolute Gasteiger partial charge is 0.497 e. The number of rotatable bonds is 5. The standard InChI is InChI=1S/C18H22N4O3/c1-13-16(12-20-18(21-13)22-7-9-25-10-8-22)17(23)19-11-14-3-5-15(24-2)6-4-14/h3-6,12H,7-11H2,1-2H3,(H,19,23). The molecule has 1 N–H and O–H groups in total. The topological polar surface area (TPSA) is 76.6 Å². The lowest BCUT2D eigenvalue weighted by molar-refractivity contribution is 0.0949. The predicted octanol–water partition coefficient (Wildman–Crippen LogP) is 1.56. The molecule has 1 fully saturated rings. The van der Waals surface area contributed by atoms with Crippen molar-refractivity contribution < 1.29 is 14.3 Å². The molecule has 0 radical (unpaired) electrons. The minimum absolute atomic E-state index is 0.179. The first-order chi connectivity index (χ1) is 12.2. The fourth-order valence-electron chi connectivity index (χ4n) is 2.61. The van der Waals surface area contributed by atoms with Crippen molar-refractivity contribution in [1.82, 2.24) is 15.3 Å². The summed E-state index contributed by atoms with van der Waals surface area (Å²) >= 11 is 0. The van der Waals surface area contributed by atoms with Gasteiger partial charge in [0, 0.05) is 25.8 Å². The summed E-state index contributed by atoms with van der Waals surface area (Å²) in [6, 6.07) is 7.58. The van der Waals surface area contributed by atoms with Gasteiger partial charge in [0.25, 0.3) is 5.91 Å². The second-order valence-electron chi connectivity index (χ2n) is 5.80. The molecule has 2 heterocycles. The number of amides is 1. The van der Waals surface area contributed by atoms with Gasteiger partial charge in [0.2, 0.25) is 5.95 Å². The van der Waals surface area contributed by atoms with E-state index in [4.69, 9.17) is 9.47 Å². The molecule has 1 aromatic heterocycles. The van der Waals surface area contributed by atoms with Gasteiger partial charge in [-0.3, -0.25) is 4.79 Å². The Morgan fingerprint density at radius 3 is 2.64 bits per heavy atom. The maximum absolute atomic E-state index is 12.4. The number of nitrogens with zero attached hydrogens (tertiary/aromatic N) is 3. The van der Waals surface area contributed by atoms with Gasteiger partial charge in [0.05, 0.1) is 31.6 Å². The Morgan fingerprint density at radius 2 is 2.00 bits per heavy atom. The molecule has 3 rings (SSSR count). The minimum Gasteiger partial charge on any atom is -0.497 e. The van der Waals surface area contributed by atoms with E-state index in [1.54, 1.807) is 13.3 Å². The Labute approximate surface area is 147 Å². The zero-order chi connectivity index (χ0) is 17.6. The van der Waals surface area contributed by atoms with Crippen molar-refractivity contribution in [2.45, 2.75) is 13.5 Å². The highest BCUT2D eigenvalue weighted by Gasteiger charge is 2.17. The highest BCUT2D eigenvalue weighted by Crippen LogP contribution is 2.14. The number of carbonyl (C=O) groups excluding carboxylic acids is 1. The van der Waals surface area contributed by atoms with Crippen molar-refractivity contribution in [2.24, 2.45) is 0 Å². The molecule has 1 saturated heterocycles. The number of ether oxygens (including phenoxy) is 2. The first-order valence-electron chi connectivity index (χ1n) is 8.25. The number of carbonyl (C=O) groups is 1. The Morgan fingerprint density at radius 1 is 1.28 bits per heavy atom. The van der Waals surface area contributed by atoms with E-state index in [1.807, 2.05) is 31.2 Å². The molecule has 0 bridgehead atoms. The van der Waals surface area contributed by atoms with E-state index in [-0.39, 0.29) is 5.91 Å². The molecular weight excluding hydrogens is 320 g/mol. The first kappa shape index (κ1) is 17.2. The summed E-state index contributed by atoms with van der Waals surface area (Å²) in [6.45, 7) is 5.14. The molecule has 0 aliphatic carbocycles. The average molecular weight is 342 g/mol. The monoisotopic (exact) mass is 342 g/mol. The van der Waals surface area contributed by atoms with E-state index < -0.39 is 0 Å². The molecule has 0 spiro atoms. The van der Waals surface area contributed by atoms with E-state index >= 15 is 0 Å². The summed E-state index contributed by atoms with van der Waals surface area (Å²) in [4.78, 5) is 23.3. The van der Waals surface area contributed by atoms with E-state index in [1.165, 1.54) is 0 Å². The molecule has 132 valence electrons. The molecule has 2 aromatic rings. The van der Waals surface area contributed by atoms with Gasteiger partial charge >= 0.3 is 0 Å². The van der Waals surface area contributed by atoms with Crippen LogP contribution in [0.15, 0.2) is 30.5 Å². The molecule has 0 unspecified atom stereocenters. The van der Waals surface area contributed by atoms with Crippen molar-refractivity contribution >= 4 is 11.9 Å². The molecule has 0 saturated carbocycles. The summed E-state index contributed by atoms with van der Waals surface area (Å²) in [7, 11) is 1.63. The second-order valence-corrected chi connectivity index (χ2v) is 5.80. The maximum Gasteiger partial charge on any atom is 0.254 e. The number of hydrogen-bond donors (Lipinski definition) is 1.